The number of carboxylic acids is 1. The number of phenols is 2. The van der Waals surface area contributed by atoms with E-state index in [4.69, 9.17) is 5.73 Å². The molecule has 0 unspecified atom stereocenters. The fourth-order valence-corrected chi connectivity index (χ4v) is 2.79. The van der Waals surface area contributed by atoms with E-state index < -0.39 is 42.5 Å². The highest BCUT2D eigenvalue weighted by molar-refractivity contribution is 5.92. The Morgan fingerprint density at radius 1 is 0.774 bits per heavy atom. The second-order valence-electron chi connectivity index (χ2n) is 6.99. The first-order valence-electron chi connectivity index (χ1n) is 9.45. The number of nitrogens with two attached hydrogens (primary N) is 1. The molecule has 31 heavy (non-hydrogen) atoms. The summed E-state index contributed by atoms with van der Waals surface area (Å²) in [4.78, 5) is 36.3. The first-order valence-corrected chi connectivity index (χ1v) is 9.45. The standard InChI is InChI=1S/C21H25N3O7/c22-16(9-12-1-5-14(26)6-2-12)19(28)24-18(11-25)20(29)23-17(21(30)31)10-13-3-7-15(27)8-4-13/h1-8,16-18,25-27H,9-11,22H2,(H,23,29)(H,24,28)(H,30,31)/t16-,17-,18-/m0/s1. The lowest BCUT2D eigenvalue weighted by Gasteiger charge is -2.21. The molecule has 0 aliphatic carbocycles. The van der Waals surface area contributed by atoms with Gasteiger partial charge in [-0.3, -0.25) is 9.59 Å². The lowest BCUT2D eigenvalue weighted by atomic mass is 10.0. The SMILES string of the molecule is N[C@@H](Cc1ccc(O)cc1)C(=O)N[C@@H](CO)C(=O)N[C@@H](Cc1ccc(O)cc1)C(=O)O. The van der Waals surface area contributed by atoms with Crippen LogP contribution < -0.4 is 16.4 Å². The maximum atomic E-state index is 12.4. The van der Waals surface area contributed by atoms with E-state index in [1.54, 1.807) is 12.1 Å². The van der Waals surface area contributed by atoms with Crippen LogP contribution in [0.3, 0.4) is 0 Å². The van der Waals surface area contributed by atoms with Crippen molar-refractivity contribution in [3.8, 4) is 11.5 Å². The minimum atomic E-state index is -1.39. The molecule has 2 amide bonds. The zero-order valence-corrected chi connectivity index (χ0v) is 16.6. The Morgan fingerprint density at radius 3 is 1.68 bits per heavy atom. The van der Waals surface area contributed by atoms with Crippen molar-refractivity contribution in [2.75, 3.05) is 6.61 Å². The maximum Gasteiger partial charge on any atom is 0.326 e. The van der Waals surface area contributed by atoms with Crippen LogP contribution in [-0.4, -0.2) is 62.9 Å². The number of hydrogen-bond acceptors (Lipinski definition) is 7. The first kappa shape index (κ1) is 23.6. The van der Waals surface area contributed by atoms with Crippen molar-refractivity contribution >= 4 is 17.8 Å². The Labute approximate surface area is 178 Å². The average molecular weight is 431 g/mol. The predicted octanol–water partition coefficient (Wildman–Crippen LogP) is -0.743. The minimum absolute atomic E-state index is 0.0198. The van der Waals surface area contributed by atoms with Gasteiger partial charge < -0.3 is 36.8 Å². The van der Waals surface area contributed by atoms with Gasteiger partial charge >= 0.3 is 5.97 Å². The fourth-order valence-electron chi connectivity index (χ4n) is 2.79. The minimum Gasteiger partial charge on any atom is -0.508 e. The van der Waals surface area contributed by atoms with E-state index in [1.165, 1.54) is 36.4 Å². The van der Waals surface area contributed by atoms with Crippen molar-refractivity contribution in [2.45, 2.75) is 31.0 Å². The number of benzene rings is 2. The molecule has 0 saturated carbocycles. The molecular formula is C21H25N3O7. The third kappa shape index (κ3) is 7.28. The molecule has 0 fully saturated rings. The third-order valence-electron chi connectivity index (χ3n) is 4.54. The molecule has 0 heterocycles. The number of carbonyl (C=O) groups is 3. The quantitative estimate of drug-likeness (QED) is 0.256. The van der Waals surface area contributed by atoms with Gasteiger partial charge in [-0.2, -0.15) is 0 Å². The maximum absolute atomic E-state index is 12.4. The third-order valence-corrected chi connectivity index (χ3v) is 4.54. The van der Waals surface area contributed by atoms with Crippen molar-refractivity contribution < 1.29 is 34.8 Å². The highest BCUT2D eigenvalue weighted by Crippen LogP contribution is 2.12. The van der Waals surface area contributed by atoms with Gasteiger partial charge in [-0.25, -0.2) is 4.79 Å². The summed E-state index contributed by atoms with van der Waals surface area (Å²) >= 11 is 0. The van der Waals surface area contributed by atoms with E-state index in [2.05, 4.69) is 10.6 Å². The van der Waals surface area contributed by atoms with Gasteiger partial charge in [-0.05, 0) is 41.8 Å². The Morgan fingerprint density at radius 2 is 1.23 bits per heavy atom. The number of nitrogens with one attached hydrogen (secondary N) is 2. The van der Waals surface area contributed by atoms with E-state index in [1.807, 2.05) is 0 Å². The van der Waals surface area contributed by atoms with Crippen LogP contribution in [-0.2, 0) is 27.2 Å². The molecule has 0 spiro atoms. The van der Waals surface area contributed by atoms with Crippen molar-refractivity contribution in [3.05, 3.63) is 59.7 Å². The molecule has 2 aromatic rings. The Bertz CT molecular complexity index is 900. The largest absolute Gasteiger partial charge is 0.508 e. The number of amides is 2. The summed E-state index contributed by atoms with van der Waals surface area (Å²) in [6, 6.07) is 8.18. The second kappa shape index (κ2) is 11.0. The van der Waals surface area contributed by atoms with Crippen LogP contribution in [0.2, 0.25) is 0 Å². The number of aliphatic hydroxyl groups excluding tert-OH is 1. The molecule has 0 radical (unpaired) electrons. The molecule has 10 nitrogen and oxygen atoms in total. The zero-order valence-electron chi connectivity index (χ0n) is 16.6. The van der Waals surface area contributed by atoms with Crippen molar-refractivity contribution in [1.29, 1.82) is 0 Å². The highest BCUT2D eigenvalue weighted by atomic mass is 16.4. The smallest absolute Gasteiger partial charge is 0.326 e. The summed E-state index contributed by atoms with van der Waals surface area (Å²) in [5.41, 5.74) is 7.10. The van der Waals surface area contributed by atoms with E-state index in [0.717, 1.165) is 0 Å². The average Bonchev–Trinajstić information content (AvgIpc) is 2.74. The fraction of sp³-hybridized carbons (Fsp3) is 0.286. The lowest BCUT2D eigenvalue weighted by molar-refractivity contribution is -0.142. The Hall–Kier alpha value is -3.63. The second-order valence-corrected chi connectivity index (χ2v) is 6.99. The van der Waals surface area contributed by atoms with Crippen LogP contribution in [0.25, 0.3) is 0 Å². The molecule has 0 aliphatic rings. The van der Waals surface area contributed by atoms with Crippen molar-refractivity contribution in [1.82, 2.24) is 10.6 Å². The zero-order chi connectivity index (χ0) is 23.0. The van der Waals surface area contributed by atoms with Crippen molar-refractivity contribution in [3.63, 3.8) is 0 Å². The molecule has 0 saturated heterocycles. The van der Waals surface area contributed by atoms with Gasteiger partial charge in [0.1, 0.15) is 23.6 Å². The number of aliphatic hydroxyl groups is 1. The molecular weight excluding hydrogens is 406 g/mol. The first-order chi connectivity index (χ1) is 14.7. The Balaban J connectivity index is 1.96. The number of rotatable bonds is 10. The van der Waals surface area contributed by atoms with Gasteiger partial charge in [0.15, 0.2) is 0 Å². The van der Waals surface area contributed by atoms with Crippen LogP contribution in [0.15, 0.2) is 48.5 Å². The molecule has 2 rings (SSSR count). The molecule has 10 heteroatoms. The number of aliphatic carboxylic acids is 1. The van der Waals surface area contributed by atoms with Crippen LogP contribution in [0.1, 0.15) is 11.1 Å². The van der Waals surface area contributed by atoms with Crippen LogP contribution in [0.5, 0.6) is 11.5 Å². The molecule has 2 aromatic carbocycles. The lowest BCUT2D eigenvalue weighted by Crippen LogP contribution is -2.56. The van der Waals surface area contributed by atoms with E-state index >= 15 is 0 Å². The molecule has 0 aliphatic heterocycles. The summed E-state index contributed by atoms with van der Waals surface area (Å²) in [5.74, 6) is -2.79. The summed E-state index contributed by atoms with van der Waals surface area (Å²) in [5, 5.41) is 42.1. The van der Waals surface area contributed by atoms with Gasteiger partial charge in [0.2, 0.25) is 11.8 Å². The van der Waals surface area contributed by atoms with Gasteiger partial charge in [0.05, 0.1) is 12.6 Å². The summed E-state index contributed by atoms with van der Waals surface area (Å²) in [7, 11) is 0. The van der Waals surface area contributed by atoms with Gasteiger partial charge in [-0.1, -0.05) is 24.3 Å². The van der Waals surface area contributed by atoms with E-state index in [-0.39, 0.29) is 24.3 Å². The topological polar surface area (TPSA) is 182 Å². The van der Waals surface area contributed by atoms with Gasteiger partial charge in [0, 0.05) is 6.42 Å². The van der Waals surface area contributed by atoms with Crippen LogP contribution in [0, 0.1) is 0 Å². The predicted molar refractivity (Wildman–Crippen MR) is 110 cm³/mol. The summed E-state index contributed by atoms with van der Waals surface area (Å²) < 4.78 is 0. The highest BCUT2D eigenvalue weighted by Gasteiger charge is 2.27. The molecule has 0 aromatic heterocycles. The van der Waals surface area contributed by atoms with Crippen molar-refractivity contribution in [2.24, 2.45) is 5.73 Å². The normalized spacial score (nSPS) is 13.6. The molecule has 0 bridgehead atoms. The van der Waals surface area contributed by atoms with Crippen LogP contribution >= 0.6 is 0 Å². The Kier molecular flexibility index (Phi) is 8.35. The number of phenolic OH excluding ortho intramolecular Hbond substituents is 2. The van der Waals surface area contributed by atoms with Gasteiger partial charge in [0.25, 0.3) is 0 Å². The van der Waals surface area contributed by atoms with E-state index in [9.17, 15) is 34.8 Å². The number of carboxylic acid groups (broad SMARTS) is 1. The van der Waals surface area contributed by atoms with Gasteiger partial charge in [-0.15, -0.1) is 0 Å². The van der Waals surface area contributed by atoms with Crippen LogP contribution in [0.4, 0.5) is 0 Å². The number of hydrogen-bond donors (Lipinski definition) is 7. The summed E-state index contributed by atoms with van der Waals surface area (Å²) in [6.45, 7) is -0.755. The molecule has 166 valence electrons. The number of carbonyl (C=O) groups excluding carboxylic acids is 2. The summed E-state index contributed by atoms with van der Waals surface area (Å²) in [6.07, 6.45) is 0.0678. The molecule has 3 atom stereocenters. The number of aromatic hydroxyl groups is 2. The van der Waals surface area contributed by atoms with E-state index in [0.29, 0.717) is 11.1 Å². The molecule has 8 N–H and O–H groups in total. The monoisotopic (exact) mass is 431 g/mol.